The van der Waals surface area contributed by atoms with Gasteiger partial charge in [-0.15, -0.1) is 0 Å². The Balaban J connectivity index is 3.54. The van der Waals surface area contributed by atoms with Gasteiger partial charge in [-0.1, -0.05) is 26.7 Å². The van der Waals surface area contributed by atoms with E-state index in [1.165, 1.54) is 19.3 Å². The Morgan fingerprint density at radius 2 is 1.79 bits per heavy atom. The molecule has 0 spiro atoms. The molecule has 0 fully saturated rings. The van der Waals surface area contributed by atoms with E-state index in [-0.39, 0.29) is 12.1 Å². The standard InChI is InChI=1S/C15H32N2O2/c1-12(2)9-7-8-10-16-13(3)11-17-14(18)19-15(4,5)6/h12-13,16H,7-11H2,1-6H3,(H,17,18). The SMILES string of the molecule is CC(C)CCCCNC(C)CNC(=O)OC(C)(C)C. The molecule has 19 heavy (non-hydrogen) atoms. The van der Waals surface area contributed by atoms with Crippen LogP contribution in [0.5, 0.6) is 0 Å². The lowest BCUT2D eigenvalue weighted by atomic mass is 10.1. The summed E-state index contributed by atoms with van der Waals surface area (Å²) in [6, 6.07) is 0.270. The van der Waals surface area contributed by atoms with Crippen LogP contribution in [0.4, 0.5) is 4.79 Å². The molecule has 0 aromatic heterocycles. The molecule has 0 saturated carbocycles. The first kappa shape index (κ1) is 18.2. The minimum absolute atomic E-state index is 0.270. The monoisotopic (exact) mass is 272 g/mol. The van der Waals surface area contributed by atoms with E-state index in [1.807, 2.05) is 20.8 Å². The molecule has 0 rings (SSSR count). The predicted molar refractivity (Wildman–Crippen MR) is 80.4 cm³/mol. The van der Waals surface area contributed by atoms with Crippen LogP contribution in [-0.2, 0) is 4.74 Å². The fourth-order valence-corrected chi connectivity index (χ4v) is 1.65. The van der Waals surface area contributed by atoms with Crippen molar-refractivity contribution in [3.8, 4) is 0 Å². The minimum atomic E-state index is -0.433. The summed E-state index contributed by atoms with van der Waals surface area (Å²) in [6.07, 6.45) is 3.39. The summed E-state index contributed by atoms with van der Waals surface area (Å²) in [5, 5.41) is 6.18. The molecule has 1 amide bonds. The van der Waals surface area contributed by atoms with Crippen LogP contribution in [0.15, 0.2) is 0 Å². The maximum absolute atomic E-state index is 11.5. The Kier molecular flexibility index (Phi) is 8.81. The van der Waals surface area contributed by atoms with Crippen LogP contribution >= 0.6 is 0 Å². The van der Waals surface area contributed by atoms with Crippen LogP contribution < -0.4 is 10.6 Å². The molecule has 1 unspecified atom stereocenters. The molecule has 2 N–H and O–H groups in total. The Morgan fingerprint density at radius 3 is 2.32 bits per heavy atom. The van der Waals surface area contributed by atoms with Crippen LogP contribution in [0, 0.1) is 5.92 Å². The Labute approximate surface area is 118 Å². The van der Waals surface area contributed by atoms with Crippen molar-refractivity contribution in [2.45, 2.75) is 72.4 Å². The lowest BCUT2D eigenvalue weighted by molar-refractivity contribution is 0.0523. The van der Waals surface area contributed by atoms with Crippen LogP contribution in [0.1, 0.15) is 60.8 Å². The summed E-state index contributed by atoms with van der Waals surface area (Å²) in [5.41, 5.74) is -0.433. The predicted octanol–water partition coefficient (Wildman–Crippen LogP) is 3.32. The number of carbonyl (C=O) groups excluding carboxylic acids is 1. The molecule has 0 aromatic carbocycles. The number of ether oxygens (including phenoxy) is 1. The van der Waals surface area contributed by atoms with Gasteiger partial charge in [0.15, 0.2) is 0 Å². The second-order valence-corrected chi connectivity index (χ2v) is 6.63. The summed E-state index contributed by atoms with van der Waals surface area (Å²) >= 11 is 0. The first-order chi connectivity index (χ1) is 8.70. The van der Waals surface area contributed by atoms with E-state index in [9.17, 15) is 4.79 Å². The van der Waals surface area contributed by atoms with Crippen LogP contribution in [0.3, 0.4) is 0 Å². The summed E-state index contributed by atoms with van der Waals surface area (Å²) in [6.45, 7) is 13.8. The van der Waals surface area contributed by atoms with Crippen molar-refractivity contribution in [1.29, 1.82) is 0 Å². The number of amides is 1. The Bertz CT molecular complexity index is 247. The van der Waals surface area contributed by atoms with Gasteiger partial charge < -0.3 is 15.4 Å². The van der Waals surface area contributed by atoms with Gasteiger partial charge in [-0.05, 0) is 46.6 Å². The van der Waals surface area contributed by atoms with Gasteiger partial charge >= 0.3 is 6.09 Å². The van der Waals surface area contributed by atoms with Crippen LogP contribution in [0.25, 0.3) is 0 Å². The minimum Gasteiger partial charge on any atom is -0.444 e. The molecular weight excluding hydrogens is 240 g/mol. The molecule has 0 aromatic rings. The highest BCUT2D eigenvalue weighted by Crippen LogP contribution is 2.06. The molecular formula is C15H32N2O2. The summed E-state index contributed by atoms with van der Waals surface area (Å²) in [7, 11) is 0. The lowest BCUT2D eigenvalue weighted by Crippen LogP contribution is -2.41. The van der Waals surface area contributed by atoms with E-state index in [2.05, 4.69) is 31.4 Å². The van der Waals surface area contributed by atoms with Gasteiger partial charge in [0.05, 0.1) is 0 Å². The number of unbranched alkanes of at least 4 members (excludes halogenated alkanes) is 1. The van der Waals surface area contributed by atoms with Crippen molar-refractivity contribution >= 4 is 6.09 Å². The Hall–Kier alpha value is -0.770. The third kappa shape index (κ3) is 13.5. The van der Waals surface area contributed by atoms with E-state index in [0.29, 0.717) is 6.54 Å². The number of hydrogen-bond acceptors (Lipinski definition) is 3. The largest absolute Gasteiger partial charge is 0.444 e. The van der Waals surface area contributed by atoms with Gasteiger partial charge in [-0.2, -0.15) is 0 Å². The van der Waals surface area contributed by atoms with Crippen molar-refractivity contribution in [3.63, 3.8) is 0 Å². The number of carbonyl (C=O) groups is 1. The fraction of sp³-hybridized carbons (Fsp3) is 0.933. The number of nitrogens with one attached hydrogen (secondary N) is 2. The van der Waals surface area contributed by atoms with Crippen molar-refractivity contribution in [2.75, 3.05) is 13.1 Å². The molecule has 0 radical (unpaired) electrons. The van der Waals surface area contributed by atoms with Gasteiger partial charge in [0.1, 0.15) is 5.60 Å². The van der Waals surface area contributed by atoms with E-state index < -0.39 is 5.60 Å². The molecule has 0 aliphatic carbocycles. The smallest absolute Gasteiger partial charge is 0.407 e. The normalized spacial score (nSPS) is 13.4. The highest BCUT2D eigenvalue weighted by atomic mass is 16.6. The molecule has 0 heterocycles. The lowest BCUT2D eigenvalue weighted by Gasteiger charge is -2.21. The zero-order valence-corrected chi connectivity index (χ0v) is 13.5. The van der Waals surface area contributed by atoms with Crippen LogP contribution in [0.2, 0.25) is 0 Å². The van der Waals surface area contributed by atoms with E-state index in [0.717, 1.165) is 12.5 Å². The van der Waals surface area contributed by atoms with Gasteiger partial charge in [-0.3, -0.25) is 0 Å². The van der Waals surface area contributed by atoms with Crippen molar-refractivity contribution in [3.05, 3.63) is 0 Å². The highest BCUT2D eigenvalue weighted by Gasteiger charge is 2.16. The highest BCUT2D eigenvalue weighted by molar-refractivity contribution is 5.67. The molecule has 0 aliphatic heterocycles. The Morgan fingerprint density at radius 1 is 1.16 bits per heavy atom. The van der Waals surface area contributed by atoms with E-state index in [4.69, 9.17) is 4.74 Å². The number of rotatable bonds is 8. The summed E-state index contributed by atoms with van der Waals surface area (Å²) in [5.74, 6) is 0.784. The third-order valence-corrected chi connectivity index (χ3v) is 2.65. The molecule has 0 saturated heterocycles. The average Bonchev–Trinajstić information content (AvgIpc) is 2.23. The van der Waals surface area contributed by atoms with E-state index >= 15 is 0 Å². The quantitative estimate of drug-likeness (QED) is 0.666. The fourth-order valence-electron chi connectivity index (χ4n) is 1.65. The van der Waals surface area contributed by atoms with Crippen molar-refractivity contribution in [2.24, 2.45) is 5.92 Å². The average molecular weight is 272 g/mol. The first-order valence-corrected chi connectivity index (χ1v) is 7.41. The van der Waals surface area contributed by atoms with Crippen LogP contribution in [-0.4, -0.2) is 30.8 Å². The molecule has 4 nitrogen and oxygen atoms in total. The molecule has 0 bridgehead atoms. The molecule has 1 atom stereocenters. The van der Waals surface area contributed by atoms with Gasteiger partial charge in [0, 0.05) is 12.6 Å². The molecule has 114 valence electrons. The van der Waals surface area contributed by atoms with Gasteiger partial charge in [0.25, 0.3) is 0 Å². The maximum Gasteiger partial charge on any atom is 0.407 e. The maximum atomic E-state index is 11.5. The third-order valence-electron chi connectivity index (χ3n) is 2.65. The molecule has 4 heteroatoms. The zero-order valence-electron chi connectivity index (χ0n) is 13.5. The number of hydrogen-bond donors (Lipinski definition) is 2. The molecule has 0 aliphatic rings. The summed E-state index contributed by atoms with van der Waals surface area (Å²) < 4.78 is 5.18. The summed E-state index contributed by atoms with van der Waals surface area (Å²) in [4.78, 5) is 11.5. The van der Waals surface area contributed by atoms with Gasteiger partial charge in [0.2, 0.25) is 0 Å². The second-order valence-electron chi connectivity index (χ2n) is 6.63. The van der Waals surface area contributed by atoms with Crippen molar-refractivity contribution < 1.29 is 9.53 Å². The van der Waals surface area contributed by atoms with Gasteiger partial charge in [-0.25, -0.2) is 4.79 Å². The first-order valence-electron chi connectivity index (χ1n) is 7.41. The topological polar surface area (TPSA) is 50.4 Å². The number of alkyl carbamates (subject to hydrolysis) is 1. The zero-order chi connectivity index (χ0) is 14.9. The van der Waals surface area contributed by atoms with Crippen molar-refractivity contribution in [1.82, 2.24) is 10.6 Å². The van der Waals surface area contributed by atoms with E-state index in [1.54, 1.807) is 0 Å². The second kappa shape index (κ2) is 9.18.